The Kier molecular flexibility index (Phi) is 4.49. The lowest BCUT2D eigenvalue weighted by Crippen LogP contribution is -2.20. The number of anilines is 1. The molecular weight excluding hydrogens is 358 g/mol. The summed E-state index contributed by atoms with van der Waals surface area (Å²) in [7, 11) is -3.90. The molecule has 25 heavy (non-hydrogen) atoms. The summed E-state index contributed by atoms with van der Waals surface area (Å²) in [6.07, 6.45) is 0.347. The second kappa shape index (κ2) is 6.33. The molecule has 0 amide bonds. The minimum absolute atomic E-state index is 0.00127. The van der Waals surface area contributed by atoms with Gasteiger partial charge in [-0.1, -0.05) is 12.1 Å². The number of benzene rings is 2. The molecule has 3 rings (SSSR count). The predicted octanol–water partition coefficient (Wildman–Crippen LogP) is 4.05. The predicted molar refractivity (Wildman–Crippen MR) is 85.8 cm³/mol. The molecule has 0 spiro atoms. The first-order valence-electron chi connectivity index (χ1n) is 7.62. The van der Waals surface area contributed by atoms with Crippen LogP contribution in [0, 0.1) is 30.2 Å². The minimum atomic E-state index is -3.90. The highest BCUT2D eigenvalue weighted by Gasteiger charge is 2.37. The maximum absolute atomic E-state index is 14.2. The second-order valence-corrected chi connectivity index (χ2v) is 8.09. The number of hydrogen-bond donors (Lipinski definition) is 1. The second-order valence-electron chi connectivity index (χ2n) is 6.13. The van der Waals surface area contributed by atoms with E-state index in [0.717, 1.165) is 0 Å². The maximum Gasteiger partial charge on any atom is 0.235 e. The molecule has 2 aromatic carbocycles. The van der Waals surface area contributed by atoms with Crippen LogP contribution in [0.15, 0.2) is 24.3 Å². The van der Waals surface area contributed by atoms with Gasteiger partial charge in [0.2, 0.25) is 10.0 Å². The van der Waals surface area contributed by atoms with E-state index in [0.29, 0.717) is 18.4 Å². The first-order chi connectivity index (χ1) is 11.7. The van der Waals surface area contributed by atoms with Gasteiger partial charge in [0.05, 0.1) is 10.9 Å². The molecule has 2 aromatic rings. The van der Waals surface area contributed by atoms with E-state index in [9.17, 15) is 26.0 Å². The van der Waals surface area contributed by atoms with E-state index in [4.69, 9.17) is 0 Å². The Morgan fingerprint density at radius 1 is 1.04 bits per heavy atom. The van der Waals surface area contributed by atoms with Crippen molar-refractivity contribution in [3.63, 3.8) is 0 Å². The summed E-state index contributed by atoms with van der Waals surface area (Å²) in [5.74, 6) is -4.78. The number of rotatable bonds is 5. The average molecular weight is 373 g/mol. The molecule has 1 aliphatic carbocycles. The molecule has 0 saturated heterocycles. The summed E-state index contributed by atoms with van der Waals surface area (Å²) in [6, 6.07) is 4.41. The molecule has 134 valence electrons. The third-order valence-corrected chi connectivity index (χ3v) is 5.89. The highest BCUT2D eigenvalue weighted by atomic mass is 32.2. The maximum atomic E-state index is 14.2. The summed E-state index contributed by atoms with van der Waals surface area (Å²) in [4.78, 5) is 0. The van der Waals surface area contributed by atoms with Crippen molar-refractivity contribution in [1.82, 2.24) is 0 Å². The standard InChI is InChI=1S/C17H15F4NO2S/c1-9-2-3-10(13(18)6-9)7-12-16(21)14(19)8-15(20)17(12)22-25(23,24)11-4-5-11/h2-3,6,8,11,22H,4-5,7H2,1H3. The van der Waals surface area contributed by atoms with Gasteiger partial charge in [-0.25, -0.2) is 26.0 Å². The normalized spacial score (nSPS) is 14.6. The van der Waals surface area contributed by atoms with E-state index in [2.05, 4.69) is 0 Å². The number of nitrogens with one attached hydrogen (secondary N) is 1. The van der Waals surface area contributed by atoms with E-state index < -0.39 is 56.2 Å². The molecule has 0 bridgehead atoms. The number of sulfonamides is 1. The molecule has 0 radical (unpaired) electrons. The molecule has 0 heterocycles. The molecule has 1 N–H and O–H groups in total. The molecule has 0 aromatic heterocycles. The largest absolute Gasteiger partial charge is 0.280 e. The Labute approximate surface area is 142 Å². The van der Waals surface area contributed by atoms with Gasteiger partial charge in [0.25, 0.3) is 0 Å². The van der Waals surface area contributed by atoms with Gasteiger partial charge in [-0.2, -0.15) is 0 Å². The van der Waals surface area contributed by atoms with Crippen molar-refractivity contribution in [3.8, 4) is 0 Å². The fourth-order valence-electron chi connectivity index (χ4n) is 2.51. The van der Waals surface area contributed by atoms with Crippen LogP contribution in [0.2, 0.25) is 0 Å². The SMILES string of the molecule is Cc1ccc(Cc2c(F)c(F)cc(F)c2NS(=O)(=O)C2CC2)c(F)c1. The topological polar surface area (TPSA) is 46.2 Å². The van der Waals surface area contributed by atoms with Gasteiger partial charge < -0.3 is 0 Å². The smallest absolute Gasteiger partial charge is 0.235 e. The Balaban J connectivity index is 2.07. The quantitative estimate of drug-likeness (QED) is 0.635. The first-order valence-corrected chi connectivity index (χ1v) is 9.16. The van der Waals surface area contributed by atoms with E-state index in [1.165, 1.54) is 12.1 Å². The van der Waals surface area contributed by atoms with E-state index in [1.54, 1.807) is 13.0 Å². The van der Waals surface area contributed by atoms with E-state index in [-0.39, 0.29) is 11.6 Å². The van der Waals surface area contributed by atoms with Crippen LogP contribution >= 0.6 is 0 Å². The molecule has 3 nitrogen and oxygen atoms in total. The molecule has 1 saturated carbocycles. The lowest BCUT2D eigenvalue weighted by atomic mass is 10.0. The highest BCUT2D eigenvalue weighted by molar-refractivity contribution is 7.93. The molecule has 8 heteroatoms. The van der Waals surface area contributed by atoms with Crippen LogP contribution < -0.4 is 4.72 Å². The van der Waals surface area contributed by atoms with Crippen LogP contribution in [0.4, 0.5) is 23.2 Å². The van der Waals surface area contributed by atoms with Crippen molar-refractivity contribution >= 4 is 15.7 Å². The van der Waals surface area contributed by atoms with Crippen LogP contribution in [0.3, 0.4) is 0 Å². The van der Waals surface area contributed by atoms with Gasteiger partial charge in [-0.3, -0.25) is 4.72 Å². The third-order valence-electron chi connectivity index (χ3n) is 4.05. The first kappa shape index (κ1) is 17.7. The van der Waals surface area contributed by atoms with E-state index >= 15 is 0 Å². The van der Waals surface area contributed by atoms with Crippen LogP contribution in [-0.4, -0.2) is 13.7 Å². The van der Waals surface area contributed by atoms with Crippen molar-refractivity contribution < 1.29 is 26.0 Å². The molecule has 1 fully saturated rings. The minimum Gasteiger partial charge on any atom is -0.280 e. The Bertz CT molecular complexity index is 940. The molecule has 0 atom stereocenters. The highest BCUT2D eigenvalue weighted by Crippen LogP contribution is 2.34. The molecule has 0 unspecified atom stereocenters. The number of aryl methyl sites for hydroxylation is 1. The average Bonchev–Trinajstić information content (AvgIpc) is 3.35. The number of halogens is 4. The Morgan fingerprint density at radius 3 is 2.32 bits per heavy atom. The summed E-state index contributed by atoms with van der Waals surface area (Å²) in [5.41, 5.74) is -0.613. The summed E-state index contributed by atoms with van der Waals surface area (Å²) >= 11 is 0. The fourth-order valence-corrected chi connectivity index (χ4v) is 3.94. The summed E-state index contributed by atoms with van der Waals surface area (Å²) in [6.45, 7) is 1.66. The third kappa shape index (κ3) is 3.63. The van der Waals surface area contributed by atoms with Gasteiger partial charge in [0, 0.05) is 18.1 Å². The Hall–Kier alpha value is -2.09. The fraction of sp³-hybridized carbons (Fsp3) is 0.294. The van der Waals surface area contributed by atoms with Crippen molar-refractivity contribution in [1.29, 1.82) is 0 Å². The molecule has 0 aliphatic heterocycles. The van der Waals surface area contributed by atoms with Crippen molar-refractivity contribution in [2.75, 3.05) is 4.72 Å². The zero-order valence-corrected chi connectivity index (χ0v) is 14.1. The van der Waals surface area contributed by atoms with Crippen LogP contribution in [0.25, 0.3) is 0 Å². The molecular formula is C17H15F4NO2S. The Morgan fingerprint density at radius 2 is 1.72 bits per heavy atom. The van der Waals surface area contributed by atoms with E-state index in [1.807, 2.05) is 4.72 Å². The summed E-state index contributed by atoms with van der Waals surface area (Å²) < 4.78 is 82.1. The lowest BCUT2D eigenvalue weighted by molar-refractivity contribution is 0.487. The van der Waals surface area contributed by atoms with Crippen LogP contribution in [0.1, 0.15) is 29.5 Å². The molecule has 1 aliphatic rings. The number of hydrogen-bond acceptors (Lipinski definition) is 2. The van der Waals surface area contributed by atoms with Crippen molar-refractivity contribution in [2.24, 2.45) is 0 Å². The van der Waals surface area contributed by atoms with Gasteiger partial charge in [-0.15, -0.1) is 0 Å². The lowest BCUT2D eigenvalue weighted by Gasteiger charge is -2.15. The van der Waals surface area contributed by atoms with Crippen molar-refractivity contribution in [2.45, 2.75) is 31.4 Å². The zero-order valence-electron chi connectivity index (χ0n) is 13.2. The van der Waals surface area contributed by atoms with Gasteiger partial charge in [-0.05, 0) is 37.0 Å². The summed E-state index contributed by atoms with van der Waals surface area (Å²) in [5, 5.41) is -0.677. The van der Waals surface area contributed by atoms with Crippen molar-refractivity contribution in [3.05, 3.63) is 64.2 Å². The van der Waals surface area contributed by atoms with Gasteiger partial charge in [0.1, 0.15) is 5.82 Å². The van der Waals surface area contributed by atoms with Gasteiger partial charge >= 0.3 is 0 Å². The van der Waals surface area contributed by atoms with Gasteiger partial charge in [0.15, 0.2) is 17.5 Å². The van der Waals surface area contributed by atoms with Crippen LogP contribution in [-0.2, 0) is 16.4 Å². The van der Waals surface area contributed by atoms with Crippen LogP contribution in [0.5, 0.6) is 0 Å². The monoisotopic (exact) mass is 373 g/mol. The zero-order chi connectivity index (χ0) is 18.4.